The third kappa shape index (κ3) is 3.04. The maximum Gasteiger partial charge on any atom is 0.115 e. The van der Waals surface area contributed by atoms with Crippen molar-refractivity contribution in [2.75, 3.05) is 0 Å². The largest absolute Gasteiger partial charge is 0.323 e. The molecule has 0 fully saturated rings. The van der Waals surface area contributed by atoms with Crippen LogP contribution >= 0.6 is 0 Å². The lowest BCUT2D eigenvalue weighted by molar-refractivity contribution is 1.26. The number of rotatable bonds is 1. The van der Waals surface area contributed by atoms with Gasteiger partial charge in [-0.2, -0.15) is 5.10 Å². The average Bonchev–Trinajstić information content (AvgIpc) is 2.38. The highest BCUT2D eigenvalue weighted by Gasteiger charge is 2.19. The lowest BCUT2D eigenvalue weighted by Crippen LogP contribution is -2.33. The van der Waals surface area contributed by atoms with Crippen LogP contribution in [0.1, 0.15) is 5.56 Å². The molecule has 0 spiro atoms. The first-order chi connectivity index (χ1) is 9.02. The normalized spacial score (nSPS) is 12.1. The Morgan fingerprint density at radius 3 is 2.42 bits per heavy atom. The fraction of sp³-hybridized carbons (Fsp3) is 0.188. The first-order valence-corrected chi connectivity index (χ1v) is 9.80. The second-order valence-corrected chi connectivity index (χ2v) is 10.5. The van der Waals surface area contributed by atoms with Gasteiger partial charge in [0.25, 0.3) is 0 Å². The summed E-state index contributed by atoms with van der Waals surface area (Å²) in [6.45, 7) is 6.57. The molecule has 96 valence electrons. The van der Waals surface area contributed by atoms with E-state index in [1.807, 2.05) is 24.3 Å². The third-order valence-electron chi connectivity index (χ3n) is 2.94. The molecule has 0 aliphatic rings. The minimum atomic E-state index is -1.56. The monoisotopic (exact) mass is 266 g/mol. The molecule has 0 heterocycles. The molecule has 0 aliphatic heterocycles. The van der Waals surface area contributed by atoms with Crippen molar-refractivity contribution in [2.45, 2.75) is 19.6 Å². The summed E-state index contributed by atoms with van der Waals surface area (Å²) in [5, 5.41) is 7.08. The van der Waals surface area contributed by atoms with Crippen molar-refractivity contribution in [1.29, 1.82) is 0 Å². The van der Waals surface area contributed by atoms with Crippen LogP contribution in [0, 0.1) is 11.8 Å². The fourth-order valence-electron chi connectivity index (χ4n) is 1.87. The van der Waals surface area contributed by atoms with Gasteiger partial charge in [0.1, 0.15) is 8.07 Å². The van der Waals surface area contributed by atoms with E-state index >= 15 is 0 Å². The zero-order valence-electron chi connectivity index (χ0n) is 11.6. The second-order valence-electron chi connectivity index (χ2n) is 5.50. The van der Waals surface area contributed by atoms with E-state index in [0.29, 0.717) is 0 Å². The molecule has 2 N–H and O–H groups in total. The molecule has 0 bridgehead atoms. The van der Waals surface area contributed by atoms with Crippen LogP contribution in [0.2, 0.25) is 19.6 Å². The Morgan fingerprint density at radius 1 is 1.05 bits per heavy atom. The molecule has 2 nitrogen and oxygen atoms in total. The average molecular weight is 266 g/mol. The summed E-state index contributed by atoms with van der Waals surface area (Å²) < 4.78 is 0. The Kier molecular flexibility index (Phi) is 3.73. The number of hydrazone groups is 1. The van der Waals surface area contributed by atoms with Crippen molar-refractivity contribution in [3.63, 3.8) is 0 Å². The quantitative estimate of drug-likeness (QED) is 0.277. The van der Waals surface area contributed by atoms with Gasteiger partial charge in [-0.15, -0.1) is 0 Å². The second kappa shape index (κ2) is 5.29. The van der Waals surface area contributed by atoms with Gasteiger partial charge in [-0.05, 0) is 22.8 Å². The Hall–Kier alpha value is -2.05. The van der Waals surface area contributed by atoms with E-state index in [9.17, 15) is 0 Å². The van der Waals surface area contributed by atoms with Crippen LogP contribution in [-0.2, 0) is 0 Å². The van der Waals surface area contributed by atoms with Crippen molar-refractivity contribution in [2.24, 2.45) is 10.9 Å². The van der Waals surface area contributed by atoms with Crippen molar-refractivity contribution < 1.29 is 0 Å². The fourth-order valence-corrected chi connectivity index (χ4v) is 2.70. The summed E-state index contributed by atoms with van der Waals surface area (Å²) in [7, 11) is -1.56. The Labute approximate surface area is 115 Å². The first-order valence-electron chi connectivity index (χ1n) is 6.30. The lowest BCUT2D eigenvalue weighted by atomic mass is 10.1. The van der Waals surface area contributed by atoms with Gasteiger partial charge in [-0.1, -0.05) is 62.0 Å². The van der Waals surface area contributed by atoms with E-state index in [0.717, 1.165) is 10.9 Å². The van der Waals surface area contributed by atoms with Crippen molar-refractivity contribution in [3.8, 4) is 11.8 Å². The number of hydrogen-bond donors (Lipinski definition) is 1. The van der Waals surface area contributed by atoms with Crippen LogP contribution in [-0.4, -0.2) is 13.4 Å². The maximum atomic E-state index is 5.46. The van der Waals surface area contributed by atoms with E-state index < -0.39 is 8.07 Å². The van der Waals surface area contributed by atoms with Crippen LogP contribution in [0.25, 0.3) is 10.8 Å². The molecule has 2 aromatic rings. The lowest BCUT2D eigenvalue weighted by Gasteiger charge is -2.12. The molecule has 0 saturated heterocycles. The summed E-state index contributed by atoms with van der Waals surface area (Å²) in [4.78, 5) is 0. The number of benzene rings is 2. The maximum absolute atomic E-state index is 5.46. The predicted molar refractivity (Wildman–Crippen MR) is 85.8 cm³/mol. The standard InChI is InChI=1S/C16H18N2Si/c1-19(2,3)16(18-17)12-11-14-9-6-8-13-7-4-5-10-15(13)14/h4-10H,17H2,1-3H3/b18-16+. The summed E-state index contributed by atoms with van der Waals surface area (Å²) in [6.07, 6.45) is 0. The molecule has 0 aliphatic carbocycles. The Bertz CT molecular complexity index is 680. The van der Waals surface area contributed by atoms with Crippen LogP contribution in [0.5, 0.6) is 0 Å². The van der Waals surface area contributed by atoms with Crippen LogP contribution < -0.4 is 5.84 Å². The highest BCUT2D eigenvalue weighted by Crippen LogP contribution is 2.17. The minimum Gasteiger partial charge on any atom is -0.323 e. The number of nitrogens with two attached hydrogens (primary N) is 1. The number of fused-ring (bicyclic) bond motifs is 1. The first kappa shape index (κ1) is 13.4. The molecule has 0 amide bonds. The van der Waals surface area contributed by atoms with Crippen molar-refractivity contribution in [3.05, 3.63) is 48.0 Å². The van der Waals surface area contributed by atoms with Gasteiger partial charge in [0.2, 0.25) is 0 Å². The molecular formula is C16H18N2Si. The summed E-state index contributed by atoms with van der Waals surface area (Å²) >= 11 is 0. The molecule has 0 aromatic heterocycles. The van der Waals surface area contributed by atoms with Crippen LogP contribution in [0.4, 0.5) is 0 Å². The topological polar surface area (TPSA) is 38.4 Å². The molecule has 0 unspecified atom stereocenters. The molecule has 3 heteroatoms. The minimum absolute atomic E-state index is 0.848. The van der Waals surface area contributed by atoms with Crippen LogP contribution in [0.15, 0.2) is 47.6 Å². The third-order valence-corrected chi connectivity index (χ3v) is 4.62. The summed E-state index contributed by atoms with van der Waals surface area (Å²) in [5.74, 6) is 11.8. The molecule has 0 radical (unpaired) electrons. The van der Waals surface area contributed by atoms with E-state index in [1.165, 1.54) is 10.8 Å². The highest BCUT2D eigenvalue weighted by molar-refractivity contribution is 7.06. The zero-order chi connectivity index (χ0) is 13.9. The van der Waals surface area contributed by atoms with Gasteiger partial charge in [-0.3, -0.25) is 0 Å². The van der Waals surface area contributed by atoms with Gasteiger partial charge in [0.15, 0.2) is 0 Å². The smallest absolute Gasteiger partial charge is 0.115 e. The molecule has 0 saturated carbocycles. The Morgan fingerprint density at radius 2 is 1.74 bits per heavy atom. The zero-order valence-corrected chi connectivity index (χ0v) is 12.6. The number of nitrogens with zero attached hydrogens (tertiary/aromatic N) is 1. The van der Waals surface area contributed by atoms with Gasteiger partial charge in [0.05, 0.1) is 5.33 Å². The van der Waals surface area contributed by atoms with Gasteiger partial charge >= 0.3 is 0 Å². The highest BCUT2D eigenvalue weighted by atomic mass is 28.3. The van der Waals surface area contributed by atoms with Gasteiger partial charge < -0.3 is 5.84 Å². The summed E-state index contributed by atoms with van der Waals surface area (Å²) in [5.41, 5.74) is 1.03. The van der Waals surface area contributed by atoms with Gasteiger partial charge in [-0.25, -0.2) is 0 Å². The molecule has 2 aromatic carbocycles. The van der Waals surface area contributed by atoms with E-state index in [1.54, 1.807) is 0 Å². The molecular weight excluding hydrogens is 248 g/mol. The predicted octanol–water partition coefficient (Wildman–Crippen LogP) is 3.38. The van der Waals surface area contributed by atoms with E-state index in [4.69, 9.17) is 5.84 Å². The van der Waals surface area contributed by atoms with E-state index in [2.05, 4.69) is 54.8 Å². The van der Waals surface area contributed by atoms with Crippen molar-refractivity contribution >= 4 is 24.2 Å². The number of hydrogen-bond acceptors (Lipinski definition) is 2. The van der Waals surface area contributed by atoms with E-state index in [-0.39, 0.29) is 0 Å². The van der Waals surface area contributed by atoms with Gasteiger partial charge in [0, 0.05) is 5.56 Å². The van der Waals surface area contributed by atoms with Crippen molar-refractivity contribution in [1.82, 2.24) is 0 Å². The molecule has 0 atom stereocenters. The SMILES string of the molecule is C[Si](C)(C)/C(C#Cc1cccc2ccccc12)=N/N. The molecule has 2 rings (SSSR count). The Balaban J connectivity index is 2.49. The molecule has 19 heavy (non-hydrogen) atoms. The van der Waals surface area contributed by atoms with Crippen LogP contribution in [0.3, 0.4) is 0 Å². The summed E-state index contributed by atoms with van der Waals surface area (Å²) in [6, 6.07) is 14.4.